The number of nitrogens with zero attached hydrogens (tertiary/aromatic N) is 1. The fraction of sp³-hybridized carbons (Fsp3) is 0.125. The maximum atomic E-state index is 12.9. The molecule has 0 aliphatic carbocycles. The number of para-hydroxylation sites is 1. The lowest BCUT2D eigenvalue weighted by Gasteiger charge is -2.17. The zero-order valence-electron chi connectivity index (χ0n) is 16.8. The standard InChI is InChI=1S/C24H22N4O3/c25-24(31)26-15-16-5-7-18(8-6-16)22(29)27-20-11-9-19(10-12-20)23(30)28-14-13-17-3-1-2-4-21(17)28/h1-12H,13-15H2,(H,27,29)(H3,25,26,31). The van der Waals surface area contributed by atoms with E-state index in [1.54, 1.807) is 53.4 Å². The normalized spacial score (nSPS) is 12.2. The summed E-state index contributed by atoms with van der Waals surface area (Å²) in [6.07, 6.45) is 0.855. The Hall–Kier alpha value is -4.13. The van der Waals surface area contributed by atoms with Gasteiger partial charge in [-0.2, -0.15) is 0 Å². The zero-order valence-corrected chi connectivity index (χ0v) is 16.8. The monoisotopic (exact) mass is 414 g/mol. The molecule has 0 saturated heterocycles. The number of nitrogens with two attached hydrogens (primary N) is 1. The predicted octanol–water partition coefficient (Wildman–Crippen LogP) is 3.31. The Kier molecular flexibility index (Phi) is 5.66. The maximum absolute atomic E-state index is 12.9. The molecule has 0 unspecified atom stereocenters. The number of amides is 4. The van der Waals surface area contributed by atoms with Gasteiger partial charge in [-0.3, -0.25) is 9.59 Å². The minimum absolute atomic E-state index is 0.0528. The quantitative estimate of drug-likeness (QED) is 0.596. The molecule has 7 nitrogen and oxygen atoms in total. The third-order valence-electron chi connectivity index (χ3n) is 5.20. The lowest BCUT2D eigenvalue weighted by molar-refractivity contribution is 0.0988. The van der Waals surface area contributed by atoms with Gasteiger partial charge in [0, 0.05) is 35.6 Å². The molecule has 3 aromatic carbocycles. The Morgan fingerprint density at radius 2 is 1.55 bits per heavy atom. The van der Waals surface area contributed by atoms with Gasteiger partial charge >= 0.3 is 6.03 Å². The Morgan fingerprint density at radius 1 is 0.871 bits per heavy atom. The van der Waals surface area contributed by atoms with E-state index in [0.717, 1.165) is 17.7 Å². The van der Waals surface area contributed by atoms with Crippen LogP contribution in [0.25, 0.3) is 0 Å². The molecule has 156 valence electrons. The van der Waals surface area contributed by atoms with Crippen molar-refractivity contribution >= 4 is 29.2 Å². The first-order valence-electron chi connectivity index (χ1n) is 9.95. The van der Waals surface area contributed by atoms with Gasteiger partial charge in [-0.15, -0.1) is 0 Å². The Balaban J connectivity index is 1.39. The second kappa shape index (κ2) is 8.71. The lowest BCUT2D eigenvalue weighted by Crippen LogP contribution is -2.28. The summed E-state index contributed by atoms with van der Waals surface area (Å²) < 4.78 is 0. The van der Waals surface area contributed by atoms with Crippen LogP contribution >= 0.6 is 0 Å². The van der Waals surface area contributed by atoms with Gasteiger partial charge in [-0.05, 0) is 60.0 Å². The van der Waals surface area contributed by atoms with E-state index in [2.05, 4.69) is 10.6 Å². The molecule has 0 spiro atoms. The van der Waals surface area contributed by atoms with Crippen LogP contribution in [-0.4, -0.2) is 24.4 Å². The van der Waals surface area contributed by atoms with E-state index in [9.17, 15) is 14.4 Å². The van der Waals surface area contributed by atoms with Crippen molar-refractivity contribution < 1.29 is 14.4 Å². The largest absolute Gasteiger partial charge is 0.352 e. The van der Waals surface area contributed by atoms with Crippen molar-refractivity contribution in [2.45, 2.75) is 13.0 Å². The minimum Gasteiger partial charge on any atom is -0.352 e. The van der Waals surface area contributed by atoms with E-state index < -0.39 is 6.03 Å². The maximum Gasteiger partial charge on any atom is 0.312 e. The number of hydrogen-bond acceptors (Lipinski definition) is 3. The summed E-state index contributed by atoms with van der Waals surface area (Å²) in [7, 11) is 0. The van der Waals surface area contributed by atoms with Crippen molar-refractivity contribution in [2.24, 2.45) is 5.73 Å². The molecule has 1 aliphatic rings. The first-order chi connectivity index (χ1) is 15.0. The van der Waals surface area contributed by atoms with Gasteiger partial charge in [-0.1, -0.05) is 30.3 Å². The fourth-order valence-corrected chi connectivity index (χ4v) is 3.57. The average molecular weight is 414 g/mol. The molecule has 1 aliphatic heterocycles. The number of nitrogens with one attached hydrogen (secondary N) is 2. The number of fused-ring (bicyclic) bond motifs is 1. The van der Waals surface area contributed by atoms with Crippen molar-refractivity contribution in [3.63, 3.8) is 0 Å². The van der Waals surface area contributed by atoms with E-state index >= 15 is 0 Å². The molecule has 1 heterocycles. The lowest BCUT2D eigenvalue weighted by atomic mass is 10.1. The van der Waals surface area contributed by atoms with E-state index in [1.807, 2.05) is 24.3 Å². The van der Waals surface area contributed by atoms with Gasteiger partial charge in [-0.25, -0.2) is 4.79 Å². The highest BCUT2D eigenvalue weighted by atomic mass is 16.2. The van der Waals surface area contributed by atoms with Gasteiger partial charge in [0.25, 0.3) is 11.8 Å². The molecule has 4 amide bonds. The highest BCUT2D eigenvalue weighted by Gasteiger charge is 2.25. The third-order valence-corrected chi connectivity index (χ3v) is 5.20. The molecule has 4 rings (SSSR count). The number of hydrogen-bond donors (Lipinski definition) is 3. The van der Waals surface area contributed by atoms with Crippen molar-refractivity contribution in [3.05, 3.63) is 95.1 Å². The smallest absolute Gasteiger partial charge is 0.312 e. The van der Waals surface area contributed by atoms with Crippen LogP contribution in [0.5, 0.6) is 0 Å². The number of carbonyl (C=O) groups excluding carboxylic acids is 3. The number of primary amides is 1. The average Bonchev–Trinajstić information content (AvgIpc) is 3.22. The summed E-state index contributed by atoms with van der Waals surface area (Å²) in [5.74, 6) is -0.315. The first kappa shape index (κ1) is 20.2. The van der Waals surface area contributed by atoms with E-state index in [0.29, 0.717) is 29.9 Å². The molecular formula is C24H22N4O3. The molecule has 0 saturated carbocycles. The second-order valence-electron chi connectivity index (χ2n) is 7.28. The van der Waals surface area contributed by atoms with Crippen molar-refractivity contribution in [1.29, 1.82) is 0 Å². The predicted molar refractivity (Wildman–Crippen MR) is 119 cm³/mol. The number of anilines is 2. The van der Waals surface area contributed by atoms with Gasteiger partial charge in [0.1, 0.15) is 0 Å². The molecule has 0 fully saturated rings. The number of rotatable bonds is 5. The molecule has 0 bridgehead atoms. The SMILES string of the molecule is NC(=O)NCc1ccc(C(=O)Nc2ccc(C(=O)N3CCc4ccccc43)cc2)cc1. The number of benzene rings is 3. The Labute approximate surface area is 179 Å². The molecule has 0 atom stereocenters. The van der Waals surface area contributed by atoms with Crippen LogP contribution in [0.15, 0.2) is 72.8 Å². The summed E-state index contributed by atoms with van der Waals surface area (Å²) in [6.45, 7) is 0.968. The fourth-order valence-electron chi connectivity index (χ4n) is 3.57. The molecule has 31 heavy (non-hydrogen) atoms. The van der Waals surface area contributed by atoms with Gasteiger partial charge < -0.3 is 21.3 Å². The first-order valence-corrected chi connectivity index (χ1v) is 9.95. The van der Waals surface area contributed by atoms with Crippen LogP contribution in [0.3, 0.4) is 0 Å². The van der Waals surface area contributed by atoms with Crippen LogP contribution in [0, 0.1) is 0 Å². The summed E-state index contributed by atoms with van der Waals surface area (Å²) in [6, 6.07) is 21.1. The molecule has 3 aromatic rings. The number of urea groups is 1. The molecular weight excluding hydrogens is 392 g/mol. The van der Waals surface area contributed by atoms with Crippen LogP contribution in [0.1, 0.15) is 31.8 Å². The highest BCUT2D eigenvalue weighted by Crippen LogP contribution is 2.29. The molecule has 0 radical (unpaired) electrons. The third kappa shape index (κ3) is 4.56. The van der Waals surface area contributed by atoms with Crippen molar-refractivity contribution in [1.82, 2.24) is 5.32 Å². The summed E-state index contributed by atoms with van der Waals surface area (Å²) in [5, 5.41) is 5.32. The van der Waals surface area contributed by atoms with E-state index in [4.69, 9.17) is 5.73 Å². The molecule has 0 aromatic heterocycles. The van der Waals surface area contributed by atoms with E-state index in [1.165, 1.54) is 5.56 Å². The topological polar surface area (TPSA) is 105 Å². The summed E-state index contributed by atoms with van der Waals surface area (Å²) in [4.78, 5) is 37.9. The van der Waals surface area contributed by atoms with Gasteiger partial charge in [0.2, 0.25) is 0 Å². The molecule has 4 N–H and O–H groups in total. The number of carbonyl (C=O) groups is 3. The van der Waals surface area contributed by atoms with Crippen LogP contribution in [-0.2, 0) is 13.0 Å². The summed E-state index contributed by atoms with van der Waals surface area (Å²) in [5.41, 5.74) is 9.68. The van der Waals surface area contributed by atoms with Crippen LogP contribution < -0.4 is 21.3 Å². The van der Waals surface area contributed by atoms with Gasteiger partial charge in [0.05, 0.1) is 0 Å². The highest BCUT2D eigenvalue weighted by molar-refractivity contribution is 6.08. The second-order valence-corrected chi connectivity index (χ2v) is 7.28. The Bertz CT molecular complexity index is 1120. The van der Waals surface area contributed by atoms with Crippen LogP contribution in [0.4, 0.5) is 16.2 Å². The van der Waals surface area contributed by atoms with E-state index in [-0.39, 0.29) is 11.8 Å². The zero-order chi connectivity index (χ0) is 21.8. The van der Waals surface area contributed by atoms with Crippen molar-refractivity contribution in [3.8, 4) is 0 Å². The van der Waals surface area contributed by atoms with Gasteiger partial charge in [0.15, 0.2) is 0 Å². The minimum atomic E-state index is -0.599. The molecule has 7 heteroatoms. The summed E-state index contributed by atoms with van der Waals surface area (Å²) >= 11 is 0. The van der Waals surface area contributed by atoms with Crippen LogP contribution in [0.2, 0.25) is 0 Å². The Morgan fingerprint density at radius 3 is 2.26 bits per heavy atom. The van der Waals surface area contributed by atoms with Crippen molar-refractivity contribution in [2.75, 3.05) is 16.8 Å².